The van der Waals surface area contributed by atoms with E-state index in [9.17, 15) is 4.79 Å². The molecule has 1 saturated carbocycles. The van der Waals surface area contributed by atoms with Gasteiger partial charge >= 0.3 is 0 Å². The van der Waals surface area contributed by atoms with Crippen LogP contribution in [0.5, 0.6) is 0 Å². The van der Waals surface area contributed by atoms with Crippen LogP contribution in [0.15, 0.2) is 23.1 Å². The van der Waals surface area contributed by atoms with Gasteiger partial charge in [0.15, 0.2) is 0 Å². The van der Waals surface area contributed by atoms with E-state index >= 15 is 0 Å². The van der Waals surface area contributed by atoms with Gasteiger partial charge in [-0.05, 0) is 49.9 Å². The first-order valence-corrected chi connectivity index (χ1v) is 6.79. The highest BCUT2D eigenvalue weighted by Crippen LogP contribution is 2.33. The van der Waals surface area contributed by atoms with Crippen LogP contribution in [0.3, 0.4) is 0 Å². The minimum atomic E-state index is 0.438. The summed E-state index contributed by atoms with van der Waals surface area (Å²) in [5, 5.41) is 0.503. The summed E-state index contributed by atoms with van der Waals surface area (Å²) in [5.74, 6) is 0.438. The first kappa shape index (κ1) is 11.7. The molecule has 16 heavy (non-hydrogen) atoms. The molecule has 0 spiro atoms. The molecule has 0 aliphatic heterocycles. The quantitative estimate of drug-likeness (QED) is 0.772. The van der Waals surface area contributed by atoms with E-state index in [0.29, 0.717) is 11.0 Å². The summed E-state index contributed by atoms with van der Waals surface area (Å²) in [6, 6.07) is 6.58. The van der Waals surface area contributed by atoms with Crippen molar-refractivity contribution < 1.29 is 4.79 Å². The van der Waals surface area contributed by atoms with Crippen LogP contribution in [0.25, 0.3) is 0 Å². The monoisotopic (exact) mass is 234 g/mol. The largest absolute Gasteiger partial charge is 0.300 e. The number of ketones is 1. The normalized spacial score (nSPS) is 21.1. The molecular weight excluding hydrogens is 216 g/mol. The number of hydrogen-bond donors (Lipinski definition) is 0. The summed E-state index contributed by atoms with van der Waals surface area (Å²) >= 11 is 1.87. The van der Waals surface area contributed by atoms with Gasteiger partial charge in [-0.1, -0.05) is 6.07 Å². The van der Waals surface area contributed by atoms with E-state index in [0.717, 1.165) is 19.3 Å². The Hall–Kier alpha value is -0.760. The summed E-state index contributed by atoms with van der Waals surface area (Å²) in [4.78, 5) is 12.7. The Morgan fingerprint density at radius 2 is 2.06 bits per heavy atom. The van der Waals surface area contributed by atoms with E-state index < -0.39 is 0 Å². The predicted molar refractivity (Wildman–Crippen MR) is 69.0 cm³/mol. The fourth-order valence-corrected chi connectivity index (χ4v) is 3.40. The van der Waals surface area contributed by atoms with Crippen molar-refractivity contribution in [2.24, 2.45) is 0 Å². The number of hydrogen-bond acceptors (Lipinski definition) is 2. The topological polar surface area (TPSA) is 17.1 Å². The molecule has 1 aliphatic rings. The zero-order valence-electron chi connectivity index (χ0n) is 9.95. The van der Waals surface area contributed by atoms with Crippen molar-refractivity contribution in [3.8, 4) is 0 Å². The molecule has 1 aromatic rings. The summed E-state index contributed by atoms with van der Waals surface area (Å²) in [5.41, 5.74) is 2.68. The molecule has 2 rings (SSSR count). The van der Waals surface area contributed by atoms with Gasteiger partial charge in [-0.25, -0.2) is 0 Å². The number of thioether (sulfide) groups is 1. The molecule has 86 valence electrons. The first-order chi connectivity index (χ1) is 7.65. The third-order valence-electron chi connectivity index (χ3n) is 3.22. The van der Waals surface area contributed by atoms with Gasteiger partial charge in [-0.3, -0.25) is 4.79 Å². The van der Waals surface area contributed by atoms with E-state index in [1.807, 2.05) is 11.8 Å². The summed E-state index contributed by atoms with van der Waals surface area (Å²) in [6.45, 7) is 4.28. The fraction of sp³-hybridized carbons (Fsp3) is 0.500. The van der Waals surface area contributed by atoms with Crippen LogP contribution in [0, 0.1) is 13.8 Å². The summed E-state index contributed by atoms with van der Waals surface area (Å²) in [6.07, 6.45) is 3.81. The SMILES string of the molecule is Cc1ccc(SC2CCCC(=O)C2)cc1C. The van der Waals surface area contributed by atoms with E-state index in [-0.39, 0.29) is 0 Å². The molecule has 2 heteroatoms. The molecule has 0 bridgehead atoms. The lowest BCUT2D eigenvalue weighted by atomic mass is 9.99. The van der Waals surface area contributed by atoms with E-state index in [4.69, 9.17) is 0 Å². The highest BCUT2D eigenvalue weighted by Gasteiger charge is 2.20. The van der Waals surface area contributed by atoms with Crippen molar-refractivity contribution in [2.75, 3.05) is 0 Å². The average molecular weight is 234 g/mol. The van der Waals surface area contributed by atoms with Gasteiger partial charge in [0.1, 0.15) is 5.78 Å². The lowest BCUT2D eigenvalue weighted by Gasteiger charge is -2.20. The maximum Gasteiger partial charge on any atom is 0.134 e. The molecule has 0 saturated heterocycles. The van der Waals surface area contributed by atoms with Crippen molar-refractivity contribution in [1.29, 1.82) is 0 Å². The Labute approximate surface area is 102 Å². The average Bonchev–Trinajstić information content (AvgIpc) is 2.24. The van der Waals surface area contributed by atoms with E-state index in [1.165, 1.54) is 22.4 Å². The van der Waals surface area contributed by atoms with Crippen LogP contribution in [0.2, 0.25) is 0 Å². The Bertz CT molecular complexity index is 398. The molecule has 0 aromatic heterocycles. The zero-order chi connectivity index (χ0) is 11.5. The maximum atomic E-state index is 11.4. The molecule has 0 amide bonds. The molecule has 0 radical (unpaired) electrons. The van der Waals surface area contributed by atoms with Crippen LogP contribution in [0.4, 0.5) is 0 Å². The number of Topliss-reactive ketones (excluding diaryl/α,β-unsaturated/α-hetero) is 1. The predicted octanol–water partition coefficient (Wildman–Crippen LogP) is 3.91. The van der Waals surface area contributed by atoms with Crippen molar-refractivity contribution in [2.45, 2.75) is 49.7 Å². The van der Waals surface area contributed by atoms with E-state index in [1.54, 1.807) is 0 Å². The Morgan fingerprint density at radius 3 is 2.75 bits per heavy atom. The maximum absolute atomic E-state index is 11.4. The van der Waals surface area contributed by atoms with Crippen molar-refractivity contribution in [3.63, 3.8) is 0 Å². The Kier molecular flexibility index (Phi) is 3.70. The Morgan fingerprint density at radius 1 is 1.25 bits per heavy atom. The smallest absolute Gasteiger partial charge is 0.134 e. The second-order valence-corrected chi connectivity index (χ2v) is 5.99. The third-order valence-corrected chi connectivity index (χ3v) is 4.48. The molecule has 1 unspecified atom stereocenters. The summed E-state index contributed by atoms with van der Waals surface area (Å²) < 4.78 is 0. The highest BCUT2D eigenvalue weighted by molar-refractivity contribution is 8.00. The van der Waals surface area contributed by atoms with Gasteiger partial charge in [0.05, 0.1) is 0 Å². The Balaban J connectivity index is 2.03. The second kappa shape index (κ2) is 5.05. The van der Waals surface area contributed by atoms with Gasteiger partial charge < -0.3 is 0 Å². The fourth-order valence-electron chi connectivity index (χ4n) is 2.07. The molecule has 1 atom stereocenters. The van der Waals surface area contributed by atoms with Crippen molar-refractivity contribution in [1.82, 2.24) is 0 Å². The van der Waals surface area contributed by atoms with Crippen molar-refractivity contribution in [3.05, 3.63) is 29.3 Å². The second-order valence-electron chi connectivity index (χ2n) is 4.62. The minimum absolute atomic E-state index is 0.438. The van der Waals surface area contributed by atoms with Crippen LogP contribution in [-0.4, -0.2) is 11.0 Å². The number of carbonyl (C=O) groups excluding carboxylic acids is 1. The summed E-state index contributed by atoms with van der Waals surface area (Å²) in [7, 11) is 0. The number of aryl methyl sites for hydroxylation is 2. The molecule has 1 nitrogen and oxygen atoms in total. The number of rotatable bonds is 2. The molecule has 1 aromatic carbocycles. The number of carbonyl (C=O) groups is 1. The van der Waals surface area contributed by atoms with Crippen LogP contribution in [0.1, 0.15) is 36.8 Å². The van der Waals surface area contributed by atoms with Gasteiger partial charge in [-0.15, -0.1) is 11.8 Å². The molecule has 0 heterocycles. The van der Waals surface area contributed by atoms with Gasteiger partial charge in [-0.2, -0.15) is 0 Å². The zero-order valence-corrected chi connectivity index (χ0v) is 10.8. The lowest BCUT2D eigenvalue weighted by Crippen LogP contribution is -2.16. The van der Waals surface area contributed by atoms with Gasteiger partial charge in [0, 0.05) is 23.0 Å². The van der Waals surface area contributed by atoms with Crippen LogP contribution < -0.4 is 0 Å². The molecular formula is C14H18OS. The third kappa shape index (κ3) is 2.88. The van der Waals surface area contributed by atoms with E-state index in [2.05, 4.69) is 32.0 Å². The van der Waals surface area contributed by atoms with Crippen LogP contribution >= 0.6 is 11.8 Å². The standard InChI is InChI=1S/C14H18OS/c1-10-6-7-14(8-11(10)2)16-13-5-3-4-12(15)9-13/h6-8,13H,3-5,9H2,1-2H3. The molecule has 1 aliphatic carbocycles. The van der Waals surface area contributed by atoms with Crippen LogP contribution in [-0.2, 0) is 4.79 Å². The van der Waals surface area contributed by atoms with Gasteiger partial charge in [0.25, 0.3) is 0 Å². The van der Waals surface area contributed by atoms with Crippen molar-refractivity contribution >= 4 is 17.5 Å². The first-order valence-electron chi connectivity index (χ1n) is 5.91. The molecule has 1 fully saturated rings. The van der Waals surface area contributed by atoms with Gasteiger partial charge in [0.2, 0.25) is 0 Å². The lowest BCUT2D eigenvalue weighted by molar-refractivity contribution is -0.120. The minimum Gasteiger partial charge on any atom is -0.300 e. The number of benzene rings is 1. The highest BCUT2D eigenvalue weighted by atomic mass is 32.2. The molecule has 0 N–H and O–H groups in total.